The van der Waals surface area contributed by atoms with Crippen molar-refractivity contribution >= 4 is 5.97 Å². The molecule has 72 valence electrons. The van der Waals surface area contributed by atoms with Crippen molar-refractivity contribution < 1.29 is 9.90 Å². The minimum atomic E-state index is -1.09. The summed E-state index contributed by atoms with van der Waals surface area (Å²) < 4.78 is 0. The second kappa shape index (κ2) is 4.42. The fourth-order valence-corrected chi connectivity index (χ4v) is 0.920. The van der Waals surface area contributed by atoms with E-state index >= 15 is 0 Å². The summed E-state index contributed by atoms with van der Waals surface area (Å²) in [6.45, 7) is 3.62. The number of rotatable bonds is 5. The molecule has 12 heavy (non-hydrogen) atoms. The Morgan fingerprint density at radius 1 is 1.67 bits per heavy atom. The fourth-order valence-electron chi connectivity index (χ4n) is 0.920. The average molecular weight is 174 g/mol. The molecule has 0 bridgehead atoms. The molecule has 0 aliphatic heterocycles. The molecular formula is C8H18N2O2. The summed E-state index contributed by atoms with van der Waals surface area (Å²) in [6, 6.07) is 0.0128. The quantitative estimate of drug-likeness (QED) is 0.559. The van der Waals surface area contributed by atoms with E-state index < -0.39 is 11.5 Å². The van der Waals surface area contributed by atoms with Gasteiger partial charge in [0.2, 0.25) is 0 Å². The molecule has 0 fully saturated rings. The van der Waals surface area contributed by atoms with Gasteiger partial charge in [-0.15, -0.1) is 0 Å². The number of carbonyl (C=O) groups is 1. The van der Waals surface area contributed by atoms with Crippen molar-refractivity contribution in [1.29, 1.82) is 0 Å². The number of hydrogen-bond donors (Lipinski definition) is 3. The van der Waals surface area contributed by atoms with E-state index in [4.69, 9.17) is 16.6 Å². The molecule has 0 aliphatic rings. The van der Waals surface area contributed by atoms with E-state index in [1.807, 2.05) is 6.92 Å². The predicted octanol–water partition coefficient (Wildman–Crippen LogP) is 0.306. The van der Waals surface area contributed by atoms with Gasteiger partial charge in [-0.25, -0.2) is 0 Å². The summed E-state index contributed by atoms with van der Waals surface area (Å²) in [4.78, 5) is 10.7. The van der Waals surface area contributed by atoms with Crippen LogP contribution in [0.15, 0.2) is 0 Å². The Morgan fingerprint density at radius 3 is 2.42 bits per heavy atom. The van der Waals surface area contributed by atoms with Crippen molar-refractivity contribution in [2.75, 3.05) is 0 Å². The van der Waals surface area contributed by atoms with E-state index in [1.165, 1.54) is 0 Å². The second-order valence-corrected chi connectivity index (χ2v) is 3.33. The van der Waals surface area contributed by atoms with Crippen LogP contribution in [-0.4, -0.2) is 22.7 Å². The van der Waals surface area contributed by atoms with Gasteiger partial charge in [0.1, 0.15) is 5.54 Å². The maximum absolute atomic E-state index is 10.7. The summed E-state index contributed by atoms with van der Waals surface area (Å²) in [5, 5.41) is 8.78. The first-order chi connectivity index (χ1) is 5.42. The summed E-state index contributed by atoms with van der Waals surface area (Å²) >= 11 is 0. The normalized spacial score (nSPS) is 18.3. The molecule has 0 radical (unpaired) electrons. The molecule has 0 saturated carbocycles. The van der Waals surface area contributed by atoms with Crippen LogP contribution in [0, 0.1) is 0 Å². The Morgan fingerprint density at radius 2 is 2.17 bits per heavy atom. The Balaban J connectivity index is 4.06. The monoisotopic (exact) mass is 174 g/mol. The molecule has 0 spiro atoms. The van der Waals surface area contributed by atoms with Crippen LogP contribution in [-0.2, 0) is 4.79 Å². The van der Waals surface area contributed by atoms with Crippen LogP contribution in [0.4, 0.5) is 0 Å². The molecule has 0 amide bonds. The van der Waals surface area contributed by atoms with Crippen LogP contribution >= 0.6 is 0 Å². The molecule has 0 aromatic rings. The van der Waals surface area contributed by atoms with Crippen molar-refractivity contribution in [3.63, 3.8) is 0 Å². The number of aliphatic carboxylic acids is 1. The van der Waals surface area contributed by atoms with Crippen molar-refractivity contribution in [3.8, 4) is 0 Å². The van der Waals surface area contributed by atoms with Gasteiger partial charge < -0.3 is 16.6 Å². The number of hydrogen-bond acceptors (Lipinski definition) is 3. The van der Waals surface area contributed by atoms with Gasteiger partial charge in [0.05, 0.1) is 0 Å². The summed E-state index contributed by atoms with van der Waals surface area (Å²) in [7, 11) is 0. The number of nitrogens with two attached hydrogens (primary N) is 2. The summed E-state index contributed by atoms with van der Waals surface area (Å²) in [5.41, 5.74) is 10.0. The standard InChI is InChI=1S/C8H18N2O2/c1-3-8(10,7(11)12)5-4-6(2)9/h6H,3-5,9-10H2,1-2H3,(H,11,12). The van der Waals surface area contributed by atoms with Gasteiger partial charge >= 0.3 is 5.97 Å². The lowest BCUT2D eigenvalue weighted by molar-refractivity contribution is -0.143. The lowest BCUT2D eigenvalue weighted by Gasteiger charge is -2.23. The van der Waals surface area contributed by atoms with Crippen LogP contribution in [0.1, 0.15) is 33.1 Å². The largest absolute Gasteiger partial charge is 0.480 e. The van der Waals surface area contributed by atoms with Gasteiger partial charge in [-0.2, -0.15) is 0 Å². The van der Waals surface area contributed by atoms with Crippen molar-refractivity contribution in [1.82, 2.24) is 0 Å². The lowest BCUT2D eigenvalue weighted by Crippen LogP contribution is -2.48. The van der Waals surface area contributed by atoms with Gasteiger partial charge in [-0.3, -0.25) is 4.79 Å². The zero-order chi connectivity index (χ0) is 9.78. The smallest absolute Gasteiger partial charge is 0.323 e. The third-order valence-electron chi connectivity index (χ3n) is 2.10. The third-order valence-corrected chi connectivity index (χ3v) is 2.10. The van der Waals surface area contributed by atoms with Gasteiger partial charge in [-0.05, 0) is 26.2 Å². The molecule has 0 rings (SSSR count). The predicted molar refractivity (Wildman–Crippen MR) is 47.7 cm³/mol. The Hall–Kier alpha value is -0.610. The first kappa shape index (κ1) is 11.4. The Bertz CT molecular complexity index is 159. The van der Waals surface area contributed by atoms with Crippen LogP contribution < -0.4 is 11.5 Å². The molecule has 0 aliphatic carbocycles. The third kappa shape index (κ3) is 3.19. The first-order valence-corrected chi connectivity index (χ1v) is 4.20. The first-order valence-electron chi connectivity index (χ1n) is 4.20. The van der Waals surface area contributed by atoms with Crippen LogP contribution in [0.25, 0.3) is 0 Å². The van der Waals surface area contributed by atoms with Gasteiger partial charge in [0.15, 0.2) is 0 Å². The molecule has 5 N–H and O–H groups in total. The minimum Gasteiger partial charge on any atom is -0.480 e. The SMILES string of the molecule is CCC(N)(CCC(C)N)C(=O)O. The molecule has 0 aromatic heterocycles. The van der Waals surface area contributed by atoms with E-state index in [1.54, 1.807) is 6.92 Å². The molecule has 2 atom stereocenters. The second-order valence-electron chi connectivity index (χ2n) is 3.33. The highest BCUT2D eigenvalue weighted by atomic mass is 16.4. The van der Waals surface area contributed by atoms with Gasteiger partial charge in [0, 0.05) is 6.04 Å². The minimum absolute atomic E-state index is 0.0128. The molecule has 0 saturated heterocycles. The van der Waals surface area contributed by atoms with E-state index in [2.05, 4.69) is 0 Å². The zero-order valence-electron chi connectivity index (χ0n) is 7.71. The average Bonchev–Trinajstić information content (AvgIpc) is 1.99. The molecule has 2 unspecified atom stereocenters. The van der Waals surface area contributed by atoms with Crippen LogP contribution in [0.2, 0.25) is 0 Å². The van der Waals surface area contributed by atoms with Crippen LogP contribution in [0.5, 0.6) is 0 Å². The Kier molecular flexibility index (Phi) is 4.20. The number of carboxylic acids is 1. The van der Waals surface area contributed by atoms with Crippen molar-refractivity contribution in [2.24, 2.45) is 11.5 Å². The van der Waals surface area contributed by atoms with Gasteiger partial charge in [0.25, 0.3) is 0 Å². The highest BCUT2D eigenvalue weighted by molar-refractivity contribution is 5.78. The van der Waals surface area contributed by atoms with E-state index in [9.17, 15) is 4.79 Å². The molecule has 4 nitrogen and oxygen atoms in total. The number of carboxylic acid groups (broad SMARTS) is 1. The maximum Gasteiger partial charge on any atom is 0.323 e. The van der Waals surface area contributed by atoms with Crippen molar-refractivity contribution in [2.45, 2.75) is 44.7 Å². The van der Waals surface area contributed by atoms with Crippen LogP contribution in [0.3, 0.4) is 0 Å². The van der Waals surface area contributed by atoms with Gasteiger partial charge in [-0.1, -0.05) is 6.92 Å². The highest BCUT2D eigenvalue weighted by Gasteiger charge is 2.31. The topological polar surface area (TPSA) is 89.3 Å². The summed E-state index contributed by atoms with van der Waals surface area (Å²) in [6.07, 6.45) is 1.53. The van der Waals surface area contributed by atoms with E-state index in [0.717, 1.165) is 0 Å². The lowest BCUT2D eigenvalue weighted by atomic mass is 9.90. The van der Waals surface area contributed by atoms with Crippen molar-refractivity contribution in [3.05, 3.63) is 0 Å². The summed E-state index contributed by atoms with van der Waals surface area (Å²) in [5.74, 6) is -0.939. The zero-order valence-corrected chi connectivity index (χ0v) is 7.71. The maximum atomic E-state index is 10.7. The Labute approximate surface area is 72.9 Å². The van der Waals surface area contributed by atoms with E-state index in [-0.39, 0.29) is 6.04 Å². The molecule has 0 aromatic carbocycles. The molecule has 0 heterocycles. The fraction of sp³-hybridized carbons (Fsp3) is 0.875. The molecule has 4 heteroatoms. The van der Waals surface area contributed by atoms with E-state index in [0.29, 0.717) is 19.3 Å². The highest BCUT2D eigenvalue weighted by Crippen LogP contribution is 2.15. The molecular weight excluding hydrogens is 156 g/mol.